The SMILES string of the molecule is CCC(=O)Oc1onc(-c2ccc(Cl)c(Cl)c2)c1-c1ccc(S(N)(=O)=O)cc1. The molecule has 0 aliphatic heterocycles. The van der Waals surface area contributed by atoms with Crippen LogP contribution in [-0.2, 0) is 14.8 Å². The van der Waals surface area contributed by atoms with Gasteiger partial charge in [0.15, 0.2) is 0 Å². The van der Waals surface area contributed by atoms with Crippen LogP contribution in [0, 0.1) is 0 Å². The molecule has 0 aliphatic carbocycles. The van der Waals surface area contributed by atoms with Gasteiger partial charge in [-0.05, 0) is 29.8 Å². The number of rotatable bonds is 5. The van der Waals surface area contributed by atoms with Crippen LogP contribution >= 0.6 is 23.2 Å². The van der Waals surface area contributed by atoms with E-state index in [1.165, 1.54) is 24.3 Å². The minimum absolute atomic E-state index is 0.0594. The summed E-state index contributed by atoms with van der Waals surface area (Å²) in [5, 5.41) is 9.81. The second-order valence-electron chi connectivity index (χ2n) is 5.72. The minimum atomic E-state index is -3.85. The average molecular weight is 441 g/mol. The van der Waals surface area contributed by atoms with E-state index in [1.54, 1.807) is 25.1 Å². The molecular weight excluding hydrogens is 427 g/mol. The third kappa shape index (κ3) is 4.20. The first-order valence-corrected chi connectivity index (χ1v) is 10.3. The Morgan fingerprint density at radius 2 is 1.75 bits per heavy atom. The summed E-state index contributed by atoms with van der Waals surface area (Å²) in [4.78, 5) is 11.7. The number of hydrogen-bond donors (Lipinski definition) is 1. The largest absolute Gasteiger partial charge is 0.391 e. The summed E-state index contributed by atoms with van der Waals surface area (Å²) in [6.07, 6.45) is 0.132. The van der Waals surface area contributed by atoms with E-state index in [4.69, 9.17) is 37.6 Å². The van der Waals surface area contributed by atoms with Crippen LogP contribution in [0.25, 0.3) is 22.4 Å². The highest BCUT2D eigenvalue weighted by molar-refractivity contribution is 7.89. The normalized spacial score (nSPS) is 11.4. The fraction of sp³-hybridized carbons (Fsp3) is 0.111. The van der Waals surface area contributed by atoms with Gasteiger partial charge in [0.05, 0.1) is 20.5 Å². The molecule has 3 rings (SSSR count). The van der Waals surface area contributed by atoms with Gasteiger partial charge in [0, 0.05) is 12.0 Å². The lowest BCUT2D eigenvalue weighted by molar-refractivity contribution is -0.135. The predicted molar refractivity (Wildman–Crippen MR) is 105 cm³/mol. The molecule has 2 N–H and O–H groups in total. The molecule has 0 saturated carbocycles. The number of aromatic nitrogens is 1. The van der Waals surface area contributed by atoms with Crippen molar-refractivity contribution in [1.82, 2.24) is 5.16 Å². The van der Waals surface area contributed by atoms with Crippen LogP contribution in [0.1, 0.15) is 13.3 Å². The van der Waals surface area contributed by atoms with Gasteiger partial charge in [-0.1, -0.05) is 53.5 Å². The summed E-state index contributed by atoms with van der Waals surface area (Å²) < 4.78 is 33.4. The number of hydrogen-bond acceptors (Lipinski definition) is 6. The third-order valence-electron chi connectivity index (χ3n) is 3.82. The molecule has 0 radical (unpaired) electrons. The van der Waals surface area contributed by atoms with Crippen LogP contribution in [0.3, 0.4) is 0 Å². The van der Waals surface area contributed by atoms with E-state index < -0.39 is 16.0 Å². The minimum Gasteiger partial charge on any atom is -0.391 e. The molecule has 1 aromatic heterocycles. The van der Waals surface area contributed by atoms with Gasteiger partial charge in [-0.25, -0.2) is 13.6 Å². The lowest BCUT2D eigenvalue weighted by Gasteiger charge is -2.07. The monoisotopic (exact) mass is 440 g/mol. The molecule has 0 unspecified atom stereocenters. The van der Waals surface area contributed by atoms with Gasteiger partial charge in [-0.3, -0.25) is 4.79 Å². The second-order valence-corrected chi connectivity index (χ2v) is 8.10. The summed E-state index contributed by atoms with van der Waals surface area (Å²) in [5.41, 5.74) is 1.79. The van der Waals surface area contributed by atoms with Gasteiger partial charge in [-0.2, -0.15) is 0 Å². The zero-order valence-corrected chi connectivity index (χ0v) is 16.8. The fourth-order valence-electron chi connectivity index (χ4n) is 2.43. The Hall–Kier alpha value is -2.39. The zero-order valence-electron chi connectivity index (χ0n) is 14.5. The topological polar surface area (TPSA) is 112 Å². The van der Waals surface area contributed by atoms with Crippen LogP contribution in [0.4, 0.5) is 0 Å². The number of esters is 1. The molecule has 2 aromatic carbocycles. The molecule has 0 aliphatic rings. The summed E-state index contributed by atoms with van der Waals surface area (Å²) >= 11 is 12.1. The van der Waals surface area contributed by atoms with Gasteiger partial charge >= 0.3 is 11.9 Å². The van der Waals surface area contributed by atoms with Crippen LogP contribution in [0.2, 0.25) is 10.0 Å². The molecule has 7 nitrogen and oxygen atoms in total. The highest BCUT2D eigenvalue weighted by atomic mass is 35.5. The number of carbonyl (C=O) groups is 1. The molecule has 10 heteroatoms. The van der Waals surface area contributed by atoms with Crippen LogP contribution in [0.15, 0.2) is 51.9 Å². The van der Waals surface area contributed by atoms with Crippen molar-refractivity contribution in [3.63, 3.8) is 0 Å². The molecule has 0 saturated heterocycles. The predicted octanol–water partition coefficient (Wildman–Crippen LogP) is 4.28. The molecule has 3 aromatic rings. The fourth-order valence-corrected chi connectivity index (χ4v) is 3.24. The van der Waals surface area contributed by atoms with Gasteiger partial charge in [0.25, 0.3) is 0 Å². The Kier molecular flexibility index (Phi) is 5.76. The maximum absolute atomic E-state index is 11.8. The average Bonchev–Trinajstić information content (AvgIpc) is 3.06. The van der Waals surface area contributed by atoms with Crippen molar-refractivity contribution < 1.29 is 22.5 Å². The van der Waals surface area contributed by atoms with Crippen LogP contribution in [-0.4, -0.2) is 19.5 Å². The number of nitrogens with zero attached hydrogens (tertiary/aromatic N) is 1. The maximum Gasteiger partial charge on any atom is 0.327 e. The second kappa shape index (κ2) is 7.92. The zero-order chi connectivity index (χ0) is 20.5. The van der Waals surface area contributed by atoms with Crippen molar-refractivity contribution in [2.75, 3.05) is 0 Å². The van der Waals surface area contributed by atoms with Crippen molar-refractivity contribution in [3.8, 4) is 28.3 Å². The molecule has 0 atom stereocenters. The summed E-state index contributed by atoms with van der Waals surface area (Å²) in [6, 6.07) is 10.6. The van der Waals surface area contributed by atoms with Crippen molar-refractivity contribution >= 4 is 39.2 Å². The number of nitrogens with two attached hydrogens (primary N) is 1. The van der Waals surface area contributed by atoms with Gasteiger partial charge in [0.2, 0.25) is 10.0 Å². The molecule has 28 heavy (non-hydrogen) atoms. The van der Waals surface area contributed by atoms with E-state index in [9.17, 15) is 13.2 Å². The maximum atomic E-state index is 11.8. The van der Waals surface area contributed by atoms with Crippen LogP contribution < -0.4 is 9.88 Å². The molecule has 0 bridgehead atoms. The Labute approximate surface area is 171 Å². The molecule has 0 fully saturated rings. The van der Waals surface area contributed by atoms with E-state index in [0.717, 1.165) is 0 Å². The van der Waals surface area contributed by atoms with Crippen molar-refractivity contribution in [2.24, 2.45) is 5.14 Å². The van der Waals surface area contributed by atoms with Crippen molar-refractivity contribution in [3.05, 3.63) is 52.5 Å². The molecular formula is C18H14Cl2N2O5S. The molecule has 0 amide bonds. The van der Waals surface area contributed by atoms with E-state index in [1.807, 2.05) is 0 Å². The first-order valence-electron chi connectivity index (χ1n) is 7.99. The van der Waals surface area contributed by atoms with E-state index in [0.29, 0.717) is 32.4 Å². The third-order valence-corrected chi connectivity index (χ3v) is 5.49. The molecule has 0 spiro atoms. The summed E-state index contributed by atoms with van der Waals surface area (Å²) in [6.45, 7) is 1.64. The van der Waals surface area contributed by atoms with Crippen LogP contribution in [0.5, 0.6) is 5.95 Å². The smallest absolute Gasteiger partial charge is 0.327 e. The Morgan fingerprint density at radius 1 is 1.11 bits per heavy atom. The van der Waals surface area contributed by atoms with E-state index in [-0.39, 0.29) is 17.3 Å². The number of ether oxygens (including phenoxy) is 1. The Balaban J connectivity index is 2.16. The number of benzene rings is 2. The number of carbonyl (C=O) groups excluding carboxylic acids is 1. The lowest BCUT2D eigenvalue weighted by atomic mass is 10.0. The highest BCUT2D eigenvalue weighted by Crippen LogP contribution is 2.41. The van der Waals surface area contributed by atoms with Crippen molar-refractivity contribution in [1.29, 1.82) is 0 Å². The standard InChI is InChI=1S/C18H14Cl2N2O5S/c1-2-15(23)26-18-16(10-3-6-12(7-4-10)28(21,24)25)17(22-27-18)11-5-8-13(19)14(20)9-11/h3-9H,2H2,1H3,(H2,21,24,25). The van der Waals surface area contributed by atoms with Crippen molar-refractivity contribution in [2.45, 2.75) is 18.2 Å². The lowest BCUT2D eigenvalue weighted by Crippen LogP contribution is -2.11. The van der Waals surface area contributed by atoms with E-state index in [2.05, 4.69) is 5.16 Å². The quantitative estimate of drug-likeness (QED) is 0.592. The van der Waals surface area contributed by atoms with Gasteiger partial charge < -0.3 is 9.26 Å². The number of primary sulfonamides is 1. The first-order chi connectivity index (χ1) is 13.2. The highest BCUT2D eigenvalue weighted by Gasteiger charge is 2.23. The van der Waals surface area contributed by atoms with Gasteiger partial charge in [0.1, 0.15) is 5.69 Å². The summed E-state index contributed by atoms with van der Waals surface area (Å²) in [5.74, 6) is -0.629. The molecule has 1 heterocycles. The first kappa shape index (κ1) is 20.3. The number of halogens is 2. The van der Waals surface area contributed by atoms with E-state index >= 15 is 0 Å². The molecule has 146 valence electrons. The number of sulfonamides is 1. The van der Waals surface area contributed by atoms with Gasteiger partial charge in [-0.15, -0.1) is 0 Å². The summed E-state index contributed by atoms with van der Waals surface area (Å²) in [7, 11) is -3.85. The Bertz CT molecular complexity index is 1140. The Morgan fingerprint density at radius 3 is 2.32 bits per heavy atom.